The van der Waals surface area contributed by atoms with Crippen LogP contribution in [0.3, 0.4) is 0 Å². The maximum Gasteiger partial charge on any atom is 0.270 e. The molecule has 0 aliphatic carbocycles. The van der Waals surface area contributed by atoms with Gasteiger partial charge in [0.2, 0.25) is 5.91 Å². The van der Waals surface area contributed by atoms with Crippen molar-refractivity contribution in [3.63, 3.8) is 0 Å². The molecule has 0 aromatic carbocycles. The summed E-state index contributed by atoms with van der Waals surface area (Å²) < 4.78 is 7.43. The maximum atomic E-state index is 13.3. The van der Waals surface area contributed by atoms with E-state index >= 15 is 0 Å². The highest BCUT2D eigenvalue weighted by molar-refractivity contribution is 5.96. The van der Waals surface area contributed by atoms with Crippen LogP contribution < -0.4 is 5.56 Å². The summed E-state index contributed by atoms with van der Waals surface area (Å²) in [5.74, 6) is -0.427. The molecule has 4 heterocycles. The molecule has 33 heavy (non-hydrogen) atoms. The molecule has 9 heteroatoms. The molecule has 0 bridgehead atoms. The van der Waals surface area contributed by atoms with Crippen molar-refractivity contribution in [1.29, 1.82) is 0 Å². The number of amides is 2. The first-order valence-corrected chi connectivity index (χ1v) is 11.0. The molecule has 1 aliphatic heterocycles. The summed E-state index contributed by atoms with van der Waals surface area (Å²) >= 11 is 0. The van der Waals surface area contributed by atoms with E-state index in [0.717, 1.165) is 5.56 Å². The van der Waals surface area contributed by atoms with Gasteiger partial charge in [-0.3, -0.25) is 23.8 Å². The Morgan fingerprint density at radius 2 is 2.00 bits per heavy atom. The van der Waals surface area contributed by atoms with Gasteiger partial charge in [0.05, 0.1) is 12.7 Å². The van der Waals surface area contributed by atoms with E-state index < -0.39 is 17.6 Å². The van der Waals surface area contributed by atoms with Gasteiger partial charge in [-0.15, -0.1) is 0 Å². The van der Waals surface area contributed by atoms with Gasteiger partial charge in [-0.05, 0) is 29.7 Å². The standard InChI is InChI=1S/C24H27N5O4/c1-17(2)12-27-13-19(33-16-18-6-5-8-25-10-18)14-28(15-22(27)30)23(31)20-11-26-21-7-3-4-9-29(21)24(20)32/h3-11,17,19H,12-16H2,1-2H3/t19-/m1/s1. The Balaban J connectivity index is 1.59. The van der Waals surface area contributed by atoms with Crippen molar-refractivity contribution in [2.75, 3.05) is 26.2 Å². The van der Waals surface area contributed by atoms with E-state index in [-0.39, 0.29) is 30.5 Å². The molecule has 1 atom stereocenters. The van der Waals surface area contributed by atoms with Crippen molar-refractivity contribution in [3.05, 3.63) is 76.6 Å². The van der Waals surface area contributed by atoms with E-state index in [9.17, 15) is 14.4 Å². The Hall–Kier alpha value is -3.59. The first kappa shape index (κ1) is 22.6. The average Bonchev–Trinajstić information content (AvgIpc) is 2.96. The van der Waals surface area contributed by atoms with Gasteiger partial charge < -0.3 is 14.5 Å². The van der Waals surface area contributed by atoms with Crippen LogP contribution in [0.25, 0.3) is 5.65 Å². The highest BCUT2D eigenvalue weighted by atomic mass is 16.5. The number of aromatic nitrogens is 3. The molecular formula is C24H27N5O4. The molecule has 3 aromatic rings. The Morgan fingerprint density at radius 1 is 1.15 bits per heavy atom. The van der Waals surface area contributed by atoms with Crippen molar-refractivity contribution in [3.8, 4) is 0 Å². The first-order valence-electron chi connectivity index (χ1n) is 11.0. The van der Waals surface area contributed by atoms with E-state index in [1.165, 1.54) is 15.5 Å². The molecule has 0 radical (unpaired) electrons. The second-order valence-corrected chi connectivity index (χ2v) is 8.58. The third kappa shape index (κ3) is 5.25. The predicted molar refractivity (Wildman–Crippen MR) is 122 cm³/mol. The molecule has 1 aliphatic rings. The lowest BCUT2D eigenvalue weighted by molar-refractivity contribution is -0.132. The summed E-state index contributed by atoms with van der Waals surface area (Å²) in [6.45, 7) is 5.39. The van der Waals surface area contributed by atoms with Gasteiger partial charge in [-0.1, -0.05) is 26.0 Å². The van der Waals surface area contributed by atoms with Crippen molar-refractivity contribution in [2.45, 2.75) is 26.6 Å². The minimum absolute atomic E-state index is 0.0742. The lowest BCUT2D eigenvalue weighted by Crippen LogP contribution is -2.42. The summed E-state index contributed by atoms with van der Waals surface area (Å²) in [6, 6.07) is 8.90. The zero-order chi connectivity index (χ0) is 23.4. The topological polar surface area (TPSA) is 97.1 Å². The lowest BCUT2D eigenvalue weighted by atomic mass is 10.2. The van der Waals surface area contributed by atoms with Crippen LogP contribution in [0.15, 0.2) is 59.9 Å². The number of carbonyl (C=O) groups excluding carboxylic acids is 2. The number of carbonyl (C=O) groups is 2. The molecule has 0 unspecified atom stereocenters. The Labute approximate surface area is 191 Å². The third-order valence-corrected chi connectivity index (χ3v) is 5.45. The molecular weight excluding hydrogens is 422 g/mol. The van der Waals surface area contributed by atoms with Crippen molar-refractivity contribution in [2.24, 2.45) is 5.92 Å². The molecule has 2 amide bonds. The molecule has 3 aromatic heterocycles. The zero-order valence-corrected chi connectivity index (χ0v) is 18.8. The van der Waals surface area contributed by atoms with Crippen LogP contribution in [0.4, 0.5) is 0 Å². The average molecular weight is 450 g/mol. The number of ether oxygens (including phenoxy) is 1. The fourth-order valence-corrected chi connectivity index (χ4v) is 3.90. The van der Waals surface area contributed by atoms with E-state index in [4.69, 9.17) is 4.74 Å². The predicted octanol–water partition coefficient (Wildman–Crippen LogP) is 1.62. The van der Waals surface area contributed by atoms with Gasteiger partial charge in [0.25, 0.3) is 11.5 Å². The highest BCUT2D eigenvalue weighted by Gasteiger charge is 2.32. The van der Waals surface area contributed by atoms with Crippen molar-refractivity contribution >= 4 is 17.5 Å². The fraction of sp³-hybridized carbons (Fsp3) is 0.375. The largest absolute Gasteiger partial charge is 0.370 e. The smallest absolute Gasteiger partial charge is 0.270 e. The number of fused-ring (bicyclic) bond motifs is 1. The van der Waals surface area contributed by atoms with Crippen LogP contribution in [-0.2, 0) is 16.1 Å². The SMILES string of the molecule is CC(C)CN1C[C@@H](OCc2cccnc2)CN(C(=O)c2cnc3ccccn3c2=O)CC1=O. The molecule has 0 N–H and O–H groups in total. The zero-order valence-electron chi connectivity index (χ0n) is 18.8. The monoisotopic (exact) mass is 449 g/mol. The summed E-state index contributed by atoms with van der Waals surface area (Å²) in [4.78, 5) is 50.7. The van der Waals surface area contributed by atoms with Crippen molar-refractivity contribution in [1.82, 2.24) is 24.2 Å². The van der Waals surface area contributed by atoms with Crippen LogP contribution in [0.5, 0.6) is 0 Å². The second kappa shape index (κ2) is 9.91. The van der Waals surface area contributed by atoms with E-state index in [1.54, 1.807) is 41.7 Å². The highest BCUT2D eigenvalue weighted by Crippen LogP contribution is 2.14. The van der Waals surface area contributed by atoms with Gasteiger partial charge >= 0.3 is 0 Å². The van der Waals surface area contributed by atoms with Crippen LogP contribution in [0.2, 0.25) is 0 Å². The minimum atomic E-state index is -0.527. The number of pyridine rings is 2. The third-order valence-electron chi connectivity index (χ3n) is 5.45. The summed E-state index contributed by atoms with van der Waals surface area (Å²) in [5.41, 5.74) is 0.814. The first-order chi connectivity index (χ1) is 15.9. The minimum Gasteiger partial charge on any atom is -0.370 e. The van der Waals surface area contributed by atoms with E-state index in [2.05, 4.69) is 9.97 Å². The Morgan fingerprint density at radius 3 is 2.76 bits per heavy atom. The quantitative estimate of drug-likeness (QED) is 0.567. The van der Waals surface area contributed by atoms with Gasteiger partial charge in [-0.25, -0.2) is 4.98 Å². The van der Waals surface area contributed by atoms with Crippen LogP contribution in [-0.4, -0.2) is 68.3 Å². The summed E-state index contributed by atoms with van der Waals surface area (Å²) in [6.07, 6.45) is 5.86. The Kier molecular flexibility index (Phi) is 6.79. The van der Waals surface area contributed by atoms with Gasteiger partial charge in [-0.2, -0.15) is 0 Å². The molecule has 1 saturated heterocycles. The van der Waals surface area contributed by atoms with E-state index in [0.29, 0.717) is 25.3 Å². The number of hydrogen-bond donors (Lipinski definition) is 0. The summed E-state index contributed by atoms with van der Waals surface area (Å²) in [7, 11) is 0. The molecule has 4 rings (SSSR count). The number of nitrogens with zero attached hydrogens (tertiary/aromatic N) is 5. The summed E-state index contributed by atoms with van der Waals surface area (Å²) in [5, 5.41) is 0. The molecule has 0 saturated carbocycles. The second-order valence-electron chi connectivity index (χ2n) is 8.58. The van der Waals surface area contributed by atoms with Gasteiger partial charge in [0, 0.05) is 44.4 Å². The lowest BCUT2D eigenvalue weighted by Gasteiger charge is -2.26. The number of rotatable bonds is 6. The van der Waals surface area contributed by atoms with E-state index in [1.807, 2.05) is 26.0 Å². The number of hydrogen-bond acceptors (Lipinski definition) is 6. The normalized spacial score (nSPS) is 16.9. The van der Waals surface area contributed by atoms with Crippen LogP contribution in [0.1, 0.15) is 29.8 Å². The van der Waals surface area contributed by atoms with Crippen molar-refractivity contribution < 1.29 is 14.3 Å². The fourth-order valence-electron chi connectivity index (χ4n) is 3.90. The molecule has 1 fully saturated rings. The molecule has 0 spiro atoms. The maximum absolute atomic E-state index is 13.3. The van der Waals surface area contributed by atoms with Gasteiger partial charge in [0.15, 0.2) is 0 Å². The Bertz CT molecular complexity index is 1190. The van der Waals surface area contributed by atoms with Crippen LogP contribution >= 0.6 is 0 Å². The van der Waals surface area contributed by atoms with Crippen LogP contribution in [0, 0.1) is 5.92 Å². The van der Waals surface area contributed by atoms with Gasteiger partial charge in [0.1, 0.15) is 17.8 Å². The molecule has 172 valence electrons. The molecule has 9 nitrogen and oxygen atoms in total.